The van der Waals surface area contributed by atoms with Crippen molar-refractivity contribution >= 4 is 19.2 Å². The van der Waals surface area contributed by atoms with Gasteiger partial charge < -0.3 is 9.05 Å². The minimum absolute atomic E-state index is 0.474. The highest BCUT2D eigenvalue weighted by atomic mass is 35.5. The number of alkyl halides is 1. The van der Waals surface area contributed by atoms with E-state index in [1.165, 1.54) is 0 Å². The molecule has 5 heteroatoms. The molecule has 1 unspecified atom stereocenters. The number of hydrogen-bond acceptors (Lipinski definition) is 3. The van der Waals surface area contributed by atoms with Crippen LogP contribution in [0.15, 0.2) is 54.6 Å². The van der Waals surface area contributed by atoms with E-state index in [-0.39, 0.29) is 0 Å². The summed E-state index contributed by atoms with van der Waals surface area (Å²) in [6.07, 6.45) is 0. The maximum absolute atomic E-state index is 12.6. The Hall–Kier alpha value is -1.44. The van der Waals surface area contributed by atoms with Gasteiger partial charge in [0.2, 0.25) is 0 Å². The van der Waals surface area contributed by atoms with Crippen LogP contribution in [0, 0.1) is 0 Å². The molecule has 0 aromatic heterocycles. The Labute approximate surface area is 110 Å². The zero-order valence-electron chi connectivity index (χ0n) is 9.32. The van der Waals surface area contributed by atoms with E-state index in [4.69, 9.17) is 20.6 Å². The summed E-state index contributed by atoms with van der Waals surface area (Å²) in [6, 6.07) is 16.1. The fourth-order valence-corrected chi connectivity index (χ4v) is 3.77. The molecule has 0 aliphatic carbocycles. The zero-order chi connectivity index (χ0) is 12.6. The first-order valence-corrected chi connectivity index (χ1v) is 7.51. The van der Waals surface area contributed by atoms with E-state index in [1.54, 1.807) is 36.4 Å². The fraction of sp³-hybridized carbons (Fsp3) is 0.0769. The molecule has 3 rings (SSSR count). The van der Waals surface area contributed by atoms with Gasteiger partial charge in [-0.15, -0.1) is 11.6 Å². The molecular formula is C13H10ClO3P. The third-order valence-electron chi connectivity index (χ3n) is 2.65. The van der Waals surface area contributed by atoms with Gasteiger partial charge in [0.1, 0.15) is 0 Å². The highest BCUT2D eigenvalue weighted by Crippen LogP contribution is 2.67. The topological polar surface area (TPSA) is 35.5 Å². The normalized spacial score (nSPS) is 17.4. The van der Waals surface area contributed by atoms with Crippen molar-refractivity contribution in [1.29, 1.82) is 0 Å². The summed E-state index contributed by atoms with van der Waals surface area (Å²) >= 11 is 6.23. The SMILES string of the molecule is O=P1(C(Cl)c2ccccc2)Oc2ccccc2O1. The van der Waals surface area contributed by atoms with Crippen LogP contribution >= 0.6 is 19.2 Å². The minimum atomic E-state index is -3.40. The molecule has 0 radical (unpaired) electrons. The van der Waals surface area contributed by atoms with Gasteiger partial charge in [-0.2, -0.15) is 0 Å². The largest absolute Gasteiger partial charge is 0.453 e. The highest BCUT2D eigenvalue weighted by molar-refractivity contribution is 7.57. The zero-order valence-corrected chi connectivity index (χ0v) is 11.0. The van der Waals surface area contributed by atoms with Crippen molar-refractivity contribution in [2.24, 2.45) is 0 Å². The van der Waals surface area contributed by atoms with Crippen LogP contribution in [0.5, 0.6) is 11.5 Å². The van der Waals surface area contributed by atoms with Crippen LogP contribution in [0.1, 0.15) is 10.7 Å². The van der Waals surface area contributed by atoms with Gasteiger partial charge in [-0.1, -0.05) is 42.5 Å². The third-order valence-corrected chi connectivity index (χ3v) is 5.38. The van der Waals surface area contributed by atoms with Gasteiger partial charge in [0.25, 0.3) is 0 Å². The van der Waals surface area contributed by atoms with Crippen molar-refractivity contribution < 1.29 is 13.6 Å². The minimum Gasteiger partial charge on any atom is -0.411 e. The van der Waals surface area contributed by atoms with Gasteiger partial charge in [-0.05, 0) is 17.7 Å². The van der Waals surface area contributed by atoms with Crippen molar-refractivity contribution in [2.45, 2.75) is 5.12 Å². The van der Waals surface area contributed by atoms with Crippen LogP contribution in [0.3, 0.4) is 0 Å². The summed E-state index contributed by atoms with van der Waals surface area (Å²) in [5.41, 5.74) is 0.718. The van der Waals surface area contributed by atoms with Crippen molar-refractivity contribution in [3.63, 3.8) is 0 Å². The lowest BCUT2D eigenvalue weighted by atomic mass is 10.2. The second-order valence-corrected chi connectivity index (χ2v) is 6.62. The Bertz CT molecular complexity index is 586. The molecule has 18 heavy (non-hydrogen) atoms. The van der Waals surface area contributed by atoms with Gasteiger partial charge in [0.15, 0.2) is 16.6 Å². The highest BCUT2D eigenvalue weighted by Gasteiger charge is 2.44. The first-order chi connectivity index (χ1) is 8.69. The van der Waals surface area contributed by atoms with Crippen molar-refractivity contribution in [1.82, 2.24) is 0 Å². The van der Waals surface area contributed by atoms with Crippen LogP contribution in [-0.4, -0.2) is 0 Å². The van der Waals surface area contributed by atoms with Gasteiger partial charge in [-0.3, -0.25) is 0 Å². The standard InChI is InChI=1S/C13H10ClO3P/c14-13(10-6-2-1-3-7-10)18(15)16-11-8-4-5-9-12(11)17-18/h1-9,13H. The Kier molecular flexibility index (Phi) is 2.81. The number of halogens is 1. The van der Waals surface area contributed by atoms with Gasteiger partial charge in [0, 0.05) is 0 Å². The molecule has 2 aromatic rings. The molecule has 0 spiro atoms. The van der Waals surface area contributed by atoms with E-state index in [0.717, 1.165) is 5.56 Å². The molecule has 1 atom stereocenters. The summed E-state index contributed by atoms with van der Waals surface area (Å²) in [5, 5.41) is -0.814. The predicted octanol–water partition coefficient (Wildman–Crippen LogP) is 4.59. The number of fused-ring (bicyclic) bond motifs is 1. The van der Waals surface area contributed by atoms with E-state index in [1.807, 2.05) is 18.2 Å². The lowest BCUT2D eigenvalue weighted by Crippen LogP contribution is -2.00. The molecule has 0 bridgehead atoms. The average molecular weight is 281 g/mol. The van der Waals surface area contributed by atoms with Crippen LogP contribution in [0.4, 0.5) is 0 Å². The maximum Gasteiger partial charge on any atom is 0.453 e. The lowest BCUT2D eigenvalue weighted by molar-refractivity contribution is 0.427. The third kappa shape index (κ3) is 1.90. The maximum atomic E-state index is 12.6. The second-order valence-electron chi connectivity index (χ2n) is 3.92. The Balaban J connectivity index is 1.93. The number of benzene rings is 2. The summed E-state index contributed by atoms with van der Waals surface area (Å²) in [4.78, 5) is 0. The Morgan fingerprint density at radius 1 is 0.889 bits per heavy atom. The number of hydrogen-bond donors (Lipinski definition) is 0. The molecule has 3 nitrogen and oxygen atoms in total. The summed E-state index contributed by atoms with van der Waals surface area (Å²) in [5.74, 6) is 0.949. The van der Waals surface area contributed by atoms with Crippen LogP contribution in [0.2, 0.25) is 0 Å². The molecule has 2 aromatic carbocycles. The molecule has 92 valence electrons. The number of para-hydroxylation sites is 2. The van der Waals surface area contributed by atoms with E-state index >= 15 is 0 Å². The van der Waals surface area contributed by atoms with Gasteiger partial charge in [-0.25, -0.2) is 4.57 Å². The lowest BCUT2D eigenvalue weighted by Gasteiger charge is -2.16. The van der Waals surface area contributed by atoms with Crippen LogP contribution < -0.4 is 9.05 Å². The second kappa shape index (κ2) is 4.34. The van der Waals surface area contributed by atoms with E-state index in [9.17, 15) is 4.57 Å². The smallest absolute Gasteiger partial charge is 0.411 e. The molecule has 0 saturated carbocycles. The molecule has 0 fully saturated rings. The predicted molar refractivity (Wildman–Crippen MR) is 70.3 cm³/mol. The van der Waals surface area contributed by atoms with Crippen molar-refractivity contribution in [3.8, 4) is 11.5 Å². The molecule has 1 aliphatic heterocycles. The average Bonchev–Trinajstić information content (AvgIpc) is 2.76. The Morgan fingerprint density at radius 3 is 1.94 bits per heavy atom. The molecule has 1 heterocycles. The van der Waals surface area contributed by atoms with E-state index in [0.29, 0.717) is 11.5 Å². The number of rotatable bonds is 2. The first-order valence-electron chi connectivity index (χ1n) is 5.46. The molecule has 1 aliphatic rings. The molecular weight excluding hydrogens is 271 g/mol. The summed E-state index contributed by atoms with van der Waals surface area (Å²) in [6.45, 7) is 0. The van der Waals surface area contributed by atoms with Crippen molar-refractivity contribution in [3.05, 3.63) is 60.2 Å². The Morgan fingerprint density at radius 2 is 1.39 bits per heavy atom. The summed E-state index contributed by atoms with van der Waals surface area (Å²) in [7, 11) is -3.40. The molecule has 0 amide bonds. The monoisotopic (exact) mass is 280 g/mol. The fourth-order valence-electron chi connectivity index (χ4n) is 1.78. The summed E-state index contributed by atoms with van der Waals surface area (Å²) < 4.78 is 23.4. The van der Waals surface area contributed by atoms with Gasteiger partial charge >= 0.3 is 7.60 Å². The van der Waals surface area contributed by atoms with Crippen LogP contribution in [0.25, 0.3) is 0 Å². The molecule has 0 N–H and O–H groups in total. The van der Waals surface area contributed by atoms with E-state index in [2.05, 4.69) is 0 Å². The quantitative estimate of drug-likeness (QED) is 0.596. The van der Waals surface area contributed by atoms with Gasteiger partial charge in [0.05, 0.1) is 0 Å². The molecule has 0 saturated heterocycles. The van der Waals surface area contributed by atoms with Crippen molar-refractivity contribution in [2.75, 3.05) is 0 Å². The van der Waals surface area contributed by atoms with Crippen LogP contribution in [-0.2, 0) is 4.57 Å². The first kappa shape index (κ1) is 11.6. The van der Waals surface area contributed by atoms with E-state index < -0.39 is 12.7 Å².